The van der Waals surface area contributed by atoms with Crippen molar-refractivity contribution >= 4 is 27.0 Å². The lowest BCUT2D eigenvalue weighted by Crippen LogP contribution is -2.46. The first-order valence-corrected chi connectivity index (χ1v) is 11.2. The summed E-state index contributed by atoms with van der Waals surface area (Å²) in [6.07, 6.45) is 7.61. The number of pyridine rings is 1. The van der Waals surface area contributed by atoms with Gasteiger partial charge in [-0.3, -0.25) is 0 Å². The molecule has 0 unspecified atom stereocenters. The lowest BCUT2D eigenvalue weighted by molar-refractivity contribution is 0.326. The van der Waals surface area contributed by atoms with Crippen molar-refractivity contribution in [1.82, 2.24) is 24.2 Å². The Hall–Kier alpha value is -2.52. The fourth-order valence-corrected chi connectivity index (χ4v) is 5.17. The van der Waals surface area contributed by atoms with E-state index >= 15 is 0 Å². The molecule has 3 aromatic heterocycles. The van der Waals surface area contributed by atoms with Crippen molar-refractivity contribution in [2.24, 2.45) is 0 Å². The number of rotatable bonds is 6. The molecular formula is C19H24N6O2S. The van der Waals surface area contributed by atoms with Gasteiger partial charge in [0.1, 0.15) is 11.3 Å². The van der Waals surface area contributed by atoms with Crippen LogP contribution in [0.5, 0.6) is 0 Å². The van der Waals surface area contributed by atoms with Gasteiger partial charge in [-0.05, 0) is 37.5 Å². The van der Waals surface area contributed by atoms with E-state index in [9.17, 15) is 8.42 Å². The van der Waals surface area contributed by atoms with Gasteiger partial charge in [-0.25, -0.2) is 23.4 Å². The maximum absolute atomic E-state index is 12.4. The van der Waals surface area contributed by atoms with Crippen LogP contribution in [0.25, 0.3) is 22.4 Å². The average molecular weight is 401 g/mol. The van der Waals surface area contributed by atoms with E-state index < -0.39 is 10.0 Å². The van der Waals surface area contributed by atoms with Gasteiger partial charge < -0.3 is 10.3 Å². The van der Waals surface area contributed by atoms with Gasteiger partial charge in [-0.15, -0.1) is 0 Å². The topological polar surface area (TPSA) is 104 Å². The van der Waals surface area contributed by atoms with Crippen LogP contribution in [0.15, 0.2) is 36.8 Å². The van der Waals surface area contributed by atoms with Gasteiger partial charge in [0.25, 0.3) is 0 Å². The molecule has 0 spiro atoms. The molecule has 28 heavy (non-hydrogen) atoms. The summed E-state index contributed by atoms with van der Waals surface area (Å²) in [4.78, 5) is 16.6. The van der Waals surface area contributed by atoms with Crippen molar-refractivity contribution in [2.75, 3.05) is 24.2 Å². The van der Waals surface area contributed by atoms with Crippen molar-refractivity contribution in [2.45, 2.75) is 32.2 Å². The van der Waals surface area contributed by atoms with E-state index in [-0.39, 0.29) is 11.8 Å². The third kappa shape index (κ3) is 3.85. The summed E-state index contributed by atoms with van der Waals surface area (Å²) >= 11 is 0. The second kappa shape index (κ2) is 7.84. The molecule has 0 saturated carbocycles. The minimum Gasteiger partial charge on any atom is -0.365 e. The zero-order chi connectivity index (χ0) is 19.6. The summed E-state index contributed by atoms with van der Waals surface area (Å²) < 4.78 is 26.5. The van der Waals surface area contributed by atoms with Crippen LogP contribution in [0.1, 0.15) is 26.2 Å². The quantitative estimate of drug-likeness (QED) is 0.659. The predicted octanol–water partition coefficient (Wildman–Crippen LogP) is 2.64. The van der Waals surface area contributed by atoms with Crippen LogP contribution in [0.4, 0.5) is 5.82 Å². The zero-order valence-corrected chi connectivity index (χ0v) is 16.6. The van der Waals surface area contributed by atoms with Gasteiger partial charge in [0.15, 0.2) is 5.65 Å². The van der Waals surface area contributed by atoms with Crippen molar-refractivity contribution in [3.63, 3.8) is 0 Å². The fraction of sp³-hybridized carbons (Fsp3) is 0.421. The molecule has 4 heterocycles. The van der Waals surface area contributed by atoms with E-state index in [2.05, 4.69) is 25.3 Å². The van der Waals surface area contributed by atoms with Crippen LogP contribution in [-0.4, -0.2) is 57.5 Å². The first kappa shape index (κ1) is 18.8. The lowest BCUT2D eigenvalue weighted by Gasteiger charge is -2.32. The van der Waals surface area contributed by atoms with Crippen molar-refractivity contribution in [3.05, 3.63) is 36.8 Å². The monoisotopic (exact) mass is 400 g/mol. The van der Waals surface area contributed by atoms with Gasteiger partial charge in [-0.2, -0.15) is 4.31 Å². The minimum atomic E-state index is -3.19. The number of piperidine rings is 1. The fourth-order valence-electron chi connectivity index (χ4n) is 3.58. The third-order valence-electron chi connectivity index (χ3n) is 4.92. The zero-order valence-electron chi connectivity index (χ0n) is 15.8. The Morgan fingerprint density at radius 2 is 2.21 bits per heavy atom. The highest BCUT2D eigenvalue weighted by atomic mass is 32.2. The highest BCUT2D eigenvalue weighted by Gasteiger charge is 2.28. The van der Waals surface area contributed by atoms with Gasteiger partial charge in [0, 0.05) is 37.1 Å². The van der Waals surface area contributed by atoms with Crippen LogP contribution in [0, 0.1) is 0 Å². The van der Waals surface area contributed by atoms with Crippen LogP contribution in [0.2, 0.25) is 0 Å². The molecular weight excluding hydrogens is 376 g/mol. The normalized spacial score (nSPS) is 18.4. The number of aromatic amines is 1. The molecule has 148 valence electrons. The largest absolute Gasteiger partial charge is 0.365 e. The third-order valence-corrected chi connectivity index (χ3v) is 6.97. The van der Waals surface area contributed by atoms with Crippen molar-refractivity contribution in [3.8, 4) is 11.3 Å². The maximum atomic E-state index is 12.4. The second-order valence-electron chi connectivity index (χ2n) is 7.02. The van der Waals surface area contributed by atoms with E-state index in [0.29, 0.717) is 25.3 Å². The molecule has 4 rings (SSSR count). The smallest absolute Gasteiger partial charge is 0.214 e. The number of nitrogens with one attached hydrogen (secondary N) is 2. The van der Waals surface area contributed by atoms with E-state index in [4.69, 9.17) is 0 Å². The average Bonchev–Trinajstić information content (AvgIpc) is 3.16. The summed E-state index contributed by atoms with van der Waals surface area (Å²) in [7, 11) is -3.19. The van der Waals surface area contributed by atoms with E-state index in [0.717, 1.165) is 35.3 Å². The molecule has 0 aliphatic carbocycles. The molecule has 0 bridgehead atoms. The predicted molar refractivity (Wildman–Crippen MR) is 109 cm³/mol. The number of nitrogens with zero attached hydrogens (tertiary/aromatic N) is 4. The van der Waals surface area contributed by atoms with Crippen molar-refractivity contribution < 1.29 is 8.42 Å². The van der Waals surface area contributed by atoms with Crippen LogP contribution in [0.3, 0.4) is 0 Å². The number of H-pyrrole nitrogens is 1. The molecule has 3 aromatic rings. The minimum absolute atomic E-state index is 0.0120. The Kier molecular flexibility index (Phi) is 5.27. The second-order valence-corrected chi connectivity index (χ2v) is 9.11. The maximum Gasteiger partial charge on any atom is 0.214 e. The molecule has 0 amide bonds. The highest BCUT2D eigenvalue weighted by molar-refractivity contribution is 7.89. The van der Waals surface area contributed by atoms with Crippen LogP contribution in [-0.2, 0) is 10.0 Å². The summed E-state index contributed by atoms with van der Waals surface area (Å²) in [5.41, 5.74) is 3.12. The van der Waals surface area contributed by atoms with Crippen LogP contribution >= 0.6 is 0 Å². The summed E-state index contributed by atoms with van der Waals surface area (Å²) in [5, 5.41) is 3.44. The number of anilines is 1. The molecule has 1 saturated heterocycles. The summed E-state index contributed by atoms with van der Waals surface area (Å²) in [6, 6.07) is 5.71. The summed E-state index contributed by atoms with van der Waals surface area (Å²) in [5.74, 6) is 0.896. The van der Waals surface area contributed by atoms with Gasteiger partial charge in [0.2, 0.25) is 10.0 Å². The number of fused-ring (bicyclic) bond motifs is 1. The Morgan fingerprint density at radius 1 is 1.32 bits per heavy atom. The Morgan fingerprint density at radius 3 is 3.07 bits per heavy atom. The van der Waals surface area contributed by atoms with Crippen molar-refractivity contribution in [1.29, 1.82) is 0 Å². The number of hydrogen-bond acceptors (Lipinski definition) is 6. The molecule has 1 atom stereocenters. The molecule has 2 N–H and O–H groups in total. The van der Waals surface area contributed by atoms with E-state index in [1.165, 1.54) is 0 Å². The molecule has 9 heteroatoms. The molecule has 1 aliphatic rings. The summed E-state index contributed by atoms with van der Waals surface area (Å²) in [6.45, 7) is 2.94. The first-order valence-electron chi connectivity index (χ1n) is 9.56. The number of sulfonamides is 1. The lowest BCUT2D eigenvalue weighted by atomic mass is 10.1. The number of aromatic nitrogens is 4. The molecule has 1 fully saturated rings. The molecule has 0 aromatic carbocycles. The van der Waals surface area contributed by atoms with Gasteiger partial charge in [0.05, 0.1) is 17.6 Å². The van der Waals surface area contributed by atoms with Gasteiger partial charge in [-0.1, -0.05) is 6.92 Å². The first-order chi connectivity index (χ1) is 13.6. The Bertz CT molecular complexity index is 1060. The SMILES string of the molecule is CCCS(=O)(=O)N1CCC[C@@H](Nc2ncccc2-c2cnc3[nH]ccc3n2)C1. The highest BCUT2D eigenvalue weighted by Crippen LogP contribution is 2.27. The molecule has 0 radical (unpaired) electrons. The standard InChI is InChI=1S/C19H24N6O2S/c1-2-11-28(26,27)25-10-4-5-14(13-25)23-18-15(6-3-8-20-18)17-12-22-19-16(24-17)7-9-21-19/h3,6-9,12,14H,2,4-5,10-11,13H2,1H3,(H,20,23)(H,21,22)/t14-/m1/s1. The van der Waals surface area contributed by atoms with E-state index in [1.807, 2.05) is 31.3 Å². The Labute approximate surface area is 164 Å². The van der Waals surface area contributed by atoms with E-state index in [1.54, 1.807) is 16.7 Å². The number of hydrogen-bond donors (Lipinski definition) is 2. The van der Waals surface area contributed by atoms with Crippen LogP contribution < -0.4 is 5.32 Å². The Balaban J connectivity index is 1.57. The van der Waals surface area contributed by atoms with Gasteiger partial charge >= 0.3 is 0 Å². The molecule has 8 nitrogen and oxygen atoms in total. The molecule has 1 aliphatic heterocycles.